The highest BCUT2D eigenvalue weighted by molar-refractivity contribution is 6.20. The third-order valence-electron chi connectivity index (χ3n) is 4.08. The molecule has 2 aromatic rings. The zero-order chi connectivity index (χ0) is 14.4. The van der Waals surface area contributed by atoms with Crippen molar-refractivity contribution in [2.45, 2.75) is 51.3 Å². The minimum Gasteiger partial charge on any atom is -0.122 e. The fraction of sp³-hybridized carbons (Fsp3) is 0.474. The Morgan fingerprint density at radius 3 is 2.20 bits per heavy atom. The molecule has 0 aromatic heterocycles. The van der Waals surface area contributed by atoms with Gasteiger partial charge in [-0.05, 0) is 41.5 Å². The molecule has 0 bridgehead atoms. The van der Waals surface area contributed by atoms with E-state index < -0.39 is 0 Å². The molecule has 0 aliphatic rings. The summed E-state index contributed by atoms with van der Waals surface area (Å²) in [6, 6.07) is 15.3. The van der Waals surface area contributed by atoms with Crippen LogP contribution in [0.5, 0.6) is 0 Å². The molecule has 0 fully saturated rings. The van der Waals surface area contributed by atoms with Gasteiger partial charge in [-0.2, -0.15) is 0 Å². The molecule has 2 rings (SSSR count). The molecule has 0 nitrogen and oxygen atoms in total. The zero-order valence-corrected chi connectivity index (χ0v) is 13.4. The maximum absolute atomic E-state index is 6.69. The van der Waals surface area contributed by atoms with Gasteiger partial charge in [-0.3, -0.25) is 0 Å². The van der Waals surface area contributed by atoms with Crippen molar-refractivity contribution in [2.75, 3.05) is 0 Å². The predicted molar refractivity (Wildman–Crippen MR) is 90.6 cm³/mol. The van der Waals surface area contributed by atoms with Crippen LogP contribution in [0, 0.1) is 5.92 Å². The lowest BCUT2D eigenvalue weighted by Crippen LogP contribution is -2.17. The third-order valence-corrected chi connectivity index (χ3v) is 4.59. The zero-order valence-electron chi connectivity index (χ0n) is 12.6. The van der Waals surface area contributed by atoms with Crippen LogP contribution in [0.2, 0.25) is 0 Å². The van der Waals surface area contributed by atoms with Gasteiger partial charge in [0.05, 0.1) is 0 Å². The summed E-state index contributed by atoms with van der Waals surface area (Å²) in [5.74, 6) is 0.651. The van der Waals surface area contributed by atoms with Crippen molar-refractivity contribution in [3.8, 4) is 0 Å². The van der Waals surface area contributed by atoms with Gasteiger partial charge in [-0.1, -0.05) is 69.2 Å². The average Bonchev–Trinajstić information content (AvgIpc) is 2.47. The molecule has 2 aromatic carbocycles. The van der Waals surface area contributed by atoms with Gasteiger partial charge in [-0.25, -0.2) is 0 Å². The van der Waals surface area contributed by atoms with Gasteiger partial charge < -0.3 is 0 Å². The van der Waals surface area contributed by atoms with E-state index >= 15 is 0 Å². The molecule has 0 spiro atoms. The van der Waals surface area contributed by atoms with E-state index in [1.165, 1.54) is 42.0 Å². The molecule has 0 aliphatic heterocycles. The Labute approximate surface area is 128 Å². The molecule has 1 unspecified atom stereocenters. The second-order valence-electron chi connectivity index (χ2n) is 5.74. The minimum absolute atomic E-state index is 0.260. The Morgan fingerprint density at radius 1 is 0.900 bits per heavy atom. The number of fused-ring (bicyclic) bond motifs is 1. The molecular formula is C19H25Cl. The van der Waals surface area contributed by atoms with E-state index in [4.69, 9.17) is 11.6 Å². The summed E-state index contributed by atoms with van der Waals surface area (Å²) in [7, 11) is 0. The number of hydrogen-bond donors (Lipinski definition) is 0. The lowest BCUT2D eigenvalue weighted by molar-refractivity contribution is 0.418. The summed E-state index contributed by atoms with van der Waals surface area (Å²) in [6.45, 7) is 4.50. The summed E-state index contributed by atoms with van der Waals surface area (Å²) in [6.07, 6.45) is 5.93. The van der Waals surface area contributed by atoms with Crippen molar-refractivity contribution < 1.29 is 0 Å². The van der Waals surface area contributed by atoms with E-state index in [1.807, 2.05) is 0 Å². The fourth-order valence-electron chi connectivity index (χ4n) is 3.01. The lowest BCUT2D eigenvalue weighted by Gasteiger charge is -2.21. The lowest BCUT2D eigenvalue weighted by atomic mass is 9.90. The molecule has 0 heterocycles. The van der Waals surface area contributed by atoms with Gasteiger partial charge >= 0.3 is 0 Å². The number of hydrogen-bond acceptors (Lipinski definition) is 0. The van der Waals surface area contributed by atoms with Crippen molar-refractivity contribution >= 4 is 22.4 Å². The van der Waals surface area contributed by atoms with Crippen LogP contribution in [0.4, 0.5) is 0 Å². The van der Waals surface area contributed by atoms with Gasteiger partial charge in [0.15, 0.2) is 0 Å². The van der Waals surface area contributed by atoms with Crippen LogP contribution in [0.3, 0.4) is 0 Å². The molecule has 20 heavy (non-hydrogen) atoms. The number of alkyl halides is 1. The second kappa shape index (κ2) is 7.69. The van der Waals surface area contributed by atoms with E-state index in [2.05, 4.69) is 56.3 Å². The van der Waals surface area contributed by atoms with Crippen molar-refractivity contribution in [1.29, 1.82) is 0 Å². The van der Waals surface area contributed by atoms with E-state index in [-0.39, 0.29) is 5.38 Å². The van der Waals surface area contributed by atoms with Gasteiger partial charge in [0.2, 0.25) is 0 Å². The van der Waals surface area contributed by atoms with Gasteiger partial charge in [0.1, 0.15) is 0 Å². The summed E-state index contributed by atoms with van der Waals surface area (Å²) >= 11 is 6.69. The number of rotatable bonds is 7. The van der Waals surface area contributed by atoms with Gasteiger partial charge in [-0.15, -0.1) is 11.6 Å². The standard InChI is InChI=1S/C19H25Cl/c1-3-7-17(8-4-2)19(20)14-15-11-12-16-9-5-6-10-18(16)13-15/h5-6,9-13,17,19H,3-4,7-8,14H2,1-2H3. The van der Waals surface area contributed by atoms with E-state index in [1.54, 1.807) is 0 Å². The Bertz CT molecular complexity index is 526. The molecule has 0 saturated heterocycles. The first-order valence-corrected chi connectivity index (χ1v) is 8.30. The second-order valence-corrected chi connectivity index (χ2v) is 6.30. The smallest absolute Gasteiger partial charge is 0.0404 e. The van der Waals surface area contributed by atoms with E-state index in [9.17, 15) is 0 Å². The van der Waals surface area contributed by atoms with E-state index in [0.29, 0.717) is 5.92 Å². The van der Waals surface area contributed by atoms with Crippen LogP contribution in [0.1, 0.15) is 45.1 Å². The Morgan fingerprint density at radius 2 is 1.55 bits per heavy atom. The normalized spacial score (nSPS) is 13.0. The van der Waals surface area contributed by atoms with Crippen molar-refractivity contribution in [3.63, 3.8) is 0 Å². The number of benzene rings is 2. The Kier molecular flexibility index (Phi) is 5.91. The molecule has 1 atom stereocenters. The van der Waals surface area contributed by atoms with Crippen LogP contribution in [-0.2, 0) is 6.42 Å². The van der Waals surface area contributed by atoms with Crippen LogP contribution in [0.15, 0.2) is 42.5 Å². The molecule has 0 aliphatic carbocycles. The van der Waals surface area contributed by atoms with Crippen LogP contribution in [-0.4, -0.2) is 5.38 Å². The molecule has 1 heteroatoms. The quantitative estimate of drug-likeness (QED) is 0.532. The molecule has 0 N–H and O–H groups in total. The largest absolute Gasteiger partial charge is 0.122 e. The first kappa shape index (κ1) is 15.4. The first-order chi connectivity index (χ1) is 9.74. The Hall–Kier alpha value is -1.01. The summed E-state index contributed by atoms with van der Waals surface area (Å²) in [5, 5.41) is 2.88. The Balaban J connectivity index is 2.09. The minimum atomic E-state index is 0.260. The monoisotopic (exact) mass is 288 g/mol. The van der Waals surface area contributed by atoms with E-state index in [0.717, 1.165) is 6.42 Å². The maximum Gasteiger partial charge on any atom is 0.0404 e. The van der Waals surface area contributed by atoms with Crippen LogP contribution < -0.4 is 0 Å². The SMILES string of the molecule is CCCC(CCC)C(Cl)Cc1ccc2ccccc2c1. The van der Waals surface area contributed by atoms with Crippen molar-refractivity contribution in [3.05, 3.63) is 48.0 Å². The molecule has 0 radical (unpaired) electrons. The summed E-state index contributed by atoms with van der Waals surface area (Å²) < 4.78 is 0. The highest BCUT2D eigenvalue weighted by Crippen LogP contribution is 2.26. The predicted octanol–water partition coefficient (Wildman–Crippen LogP) is 6.21. The summed E-state index contributed by atoms with van der Waals surface area (Å²) in [4.78, 5) is 0. The summed E-state index contributed by atoms with van der Waals surface area (Å²) in [5.41, 5.74) is 1.36. The molecule has 0 amide bonds. The molecular weight excluding hydrogens is 264 g/mol. The van der Waals surface area contributed by atoms with Crippen LogP contribution in [0.25, 0.3) is 10.8 Å². The first-order valence-electron chi connectivity index (χ1n) is 7.86. The van der Waals surface area contributed by atoms with Gasteiger partial charge in [0.25, 0.3) is 0 Å². The van der Waals surface area contributed by atoms with Crippen molar-refractivity contribution in [2.24, 2.45) is 5.92 Å². The average molecular weight is 289 g/mol. The fourth-order valence-corrected chi connectivity index (χ4v) is 3.44. The van der Waals surface area contributed by atoms with Crippen LogP contribution >= 0.6 is 11.6 Å². The molecule has 108 valence electrons. The third kappa shape index (κ3) is 3.99. The maximum atomic E-state index is 6.69. The van der Waals surface area contributed by atoms with Gasteiger partial charge in [0, 0.05) is 5.38 Å². The topological polar surface area (TPSA) is 0 Å². The highest BCUT2D eigenvalue weighted by Gasteiger charge is 2.18. The van der Waals surface area contributed by atoms with Crippen molar-refractivity contribution in [1.82, 2.24) is 0 Å². The molecule has 0 saturated carbocycles. The highest BCUT2D eigenvalue weighted by atomic mass is 35.5. The number of halogens is 1.